The molecule has 6 nitrogen and oxygen atoms in total. The first-order valence-electron chi connectivity index (χ1n) is 6.79. The van der Waals surface area contributed by atoms with Crippen LogP contribution in [0.4, 0.5) is 0 Å². The summed E-state index contributed by atoms with van der Waals surface area (Å²) in [4.78, 5) is 20.6. The van der Waals surface area contributed by atoms with Gasteiger partial charge in [0.25, 0.3) is 5.56 Å². The van der Waals surface area contributed by atoms with Gasteiger partial charge in [-0.1, -0.05) is 20.8 Å². The van der Waals surface area contributed by atoms with Crippen LogP contribution in [0.2, 0.25) is 0 Å². The Morgan fingerprint density at radius 3 is 2.86 bits per heavy atom. The average molecular weight is 283 g/mol. The highest BCUT2D eigenvalue weighted by Crippen LogP contribution is 2.20. The summed E-state index contributed by atoms with van der Waals surface area (Å²) in [5.74, 6) is 0. The molecule has 0 aliphatic heterocycles. The Kier molecular flexibility index (Phi) is 3.08. The van der Waals surface area contributed by atoms with Gasteiger partial charge in [-0.3, -0.25) is 19.4 Å². The maximum atomic E-state index is 12.4. The number of nitrogens with one attached hydrogen (secondary N) is 1. The lowest BCUT2D eigenvalue weighted by atomic mass is 9.92. The maximum Gasteiger partial charge on any atom is 0.261 e. The standard InChI is InChI=1S/C15H17N5O/c1-15(2,3)13-6-10(18-19-13)8-20-9-17-12-7-16-5-4-11(12)14(20)21/h4-7,9H,8H2,1-3H3,(H,18,19). The predicted molar refractivity (Wildman–Crippen MR) is 80.2 cm³/mol. The van der Waals surface area contributed by atoms with Gasteiger partial charge in [-0.05, 0) is 12.1 Å². The summed E-state index contributed by atoms with van der Waals surface area (Å²) in [6.07, 6.45) is 4.74. The molecule has 3 rings (SSSR count). The Labute approximate surface area is 121 Å². The molecule has 0 atom stereocenters. The second-order valence-corrected chi connectivity index (χ2v) is 6.10. The number of hydrogen-bond acceptors (Lipinski definition) is 4. The van der Waals surface area contributed by atoms with Gasteiger partial charge in [-0.25, -0.2) is 4.98 Å². The van der Waals surface area contributed by atoms with Crippen molar-refractivity contribution in [1.82, 2.24) is 24.7 Å². The molecule has 0 fully saturated rings. The molecule has 0 aliphatic rings. The highest BCUT2D eigenvalue weighted by Gasteiger charge is 2.17. The van der Waals surface area contributed by atoms with Gasteiger partial charge in [-0.15, -0.1) is 0 Å². The molecule has 0 radical (unpaired) electrons. The Bertz CT molecular complexity index is 841. The first kappa shape index (κ1) is 13.5. The molecular weight excluding hydrogens is 266 g/mol. The summed E-state index contributed by atoms with van der Waals surface area (Å²) < 4.78 is 1.57. The van der Waals surface area contributed by atoms with Gasteiger partial charge in [-0.2, -0.15) is 5.10 Å². The minimum absolute atomic E-state index is 0.0208. The number of rotatable bonds is 2. The van der Waals surface area contributed by atoms with Crippen molar-refractivity contribution in [2.45, 2.75) is 32.7 Å². The van der Waals surface area contributed by atoms with E-state index >= 15 is 0 Å². The summed E-state index contributed by atoms with van der Waals surface area (Å²) in [6, 6.07) is 3.68. The summed E-state index contributed by atoms with van der Waals surface area (Å²) in [7, 11) is 0. The monoisotopic (exact) mass is 283 g/mol. The van der Waals surface area contributed by atoms with Crippen LogP contribution in [0.5, 0.6) is 0 Å². The van der Waals surface area contributed by atoms with Crippen LogP contribution in [0, 0.1) is 0 Å². The molecule has 6 heteroatoms. The van der Waals surface area contributed by atoms with Crippen LogP contribution in [0.25, 0.3) is 10.9 Å². The molecule has 0 spiro atoms. The lowest BCUT2D eigenvalue weighted by Gasteiger charge is -2.13. The smallest absolute Gasteiger partial charge is 0.261 e. The zero-order valence-corrected chi connectivity index (χ0v) is 12.3. The molecule has 3 heterocycles. The fraction of sp³-hybridized carbons (Fsp3) is 0.333. The predicted octanol–water partition coefficient (Wildman–Crippen LogP) is 1.86. The SMILES string of the molecule is CC(C)(C)c1cc(Cn2cnc3cnccc3c2=O)[nH]n1. The van der Waals surface area contributed by atoms with Crippen LogP contribution in [0.15, 0.2) is 35.6 Å². The Morgan fingerprint density at radius 2 is 2.14 bits per heavy atom. The molecule has 3 aromatic heterocycles. The highest BCUT2D eigenvalue weighted by atomic mass is 16.1. The summed E-state index contributed by atoms with van der Waals surface area (Å²) in [6.45, 7) is 6.73. The van der Waals surface area contributed by atoms with Crippen molar-refractivity contribution in [2.24, 2.45) is 0 Å². The number of hydrogen-bond donors (Lipinski definition) is 1. The van der Waals surface area contributed by atoms with E-state index in [0.717, 1.165) is 11.4 Å². The van der Waals surface area contributed by atoms with Gasteiger partial charge in [0.2, 0.25) is 0 Å². The van der Waals surface area contributed by atoms with E-state index in [1.807, 2.05) is 6.07 Å². The quantitative estimate of drug-likeness (QED) is 0.779. The van der Waals surface area contributed by atoms with Gasteiger partial charge in [0.1, 0.15) is 0 Å². The lowest BCUT2D eigenvalue weighted by molar-refractivity contribution is 0.567. The third-order valence-electron chi connectivity index (χ3n) is 3.37. The molecule has 1 N–H and O–H groups in total. The first-order valence-corrected chi connectivity index (χ1v) is 6.79. The Hall–Kier alpha value is -2.50. The van der Waals surface area contributed by atoms with Crippen molar-refractivity contribution in [1.29, 1.82) is 0 Å². The van der Waals surface area contributed by atoms with Crippen LogP contribution in [0.3, 0.4) is 0 Å². The van der Waals surface area contributed by atoms with Crippen molar-refractivity contribution < 1.29 is 0 Å². The second-order valence-electron chi connectivity index (χ2n) is 6.10. The van der Waals surface area contributed by atoms with Crippen molar-refractivity contribution in [3.63, 3.8) is 0 Å². The van der Waals surface area contributed by atoms with E-state index in [2.05, 4.69) is 40.9 Å². The van der Waals surface area contributed by atoms with Crippen LogP contribution >= 0.6 is 0 Å². The second kappa shape index (κ2) is 4.80. The van der Waals surface area contributed by atoms with Gasteiger partial charge < -0.3 is 0 Å². The van der Waals surface area contributed by atoms with Gasteiger partial charge in [0, 0.05) is 11.6 Å². The largest absolute Gasteiger partial charge is 0.293 e. The average Bonchev–Trinajstić information content (AvgIpc) is 2.91. The molecule has 0 bridgehead atoms. The Balaban J connectivity index is 1.97. The van der Waals surface area contributed by atoms with Crippen molar-refractivity contribution in [3.05, 3.63) is 52.6 Å². The number of H-pyrrole nitrogens is 1. The van der Waals surface area contributed by atoms with E-state index in [4.69, 9.17) is 0 Å². The van der Waals surface area contributed by atoms with Crippen molar-refractivity contribution in [2.75, 3.05) is 0 Å². The molecule has 0 saturated carbocycles. The zero-order valence-electron chi connectivity index (χ0n) is 12.3. The molecule has 0 aliphatic carbocycles. The summed E-state index contributed by atoms with van der Waals surface area (Å²) in [5, 5.41) is 7.86. The molecule has 21 heavy (non-hydrogen) atoms. The van der Waals surface area contributed by atoms with Crippen LogP contribution < -0.4 is 5.56 Å². The van der Waals surface area contributed by atoms with Gasteiger partial charge in [0.15, 0.2) is 0 Å². The van der Waals surface area contributed by atoms with Crippen molar-refractivity contribution >= 4 is 10.9 Å². The third kappa shape index (κ3) is 2.56. The first-order chi connectivity index (χ1) is 9.95. The topological polar surface area (TPSA) is 76.5 Å². The minimum Gasteiger partial charge on any atom is -0.293 e. The van der Waals surface area contributed by atoms with E-state index in [1.165, 1.54) is 0 Å². The molecule has 0 amide bonds. The van der Waals surface area contributed by atoms with Gasteiger partial charge in [0.05, 0.1) is 41.4 Å². The van der Waals surface area contributed by atoms with Crippen LogP contribution in [-0.4, -0.2) is 24.7 Å². The number of aromatic nitrogens is 5. The van der Waals surface area contributed by atoms with Crippen LogP contribution in [-0.2, 0) is 12.0 Å². The normalized spacial score (nSPS) is 12.0. The summed E-state index contributed by atoms with van der Waals surface area (Å²) >= 11 is 0. The van der Waals surface area contributed by atoms with E-state index in [1.54, 1.807) is 29.4 Å². The van der Waals surface area contributed by atoms with Gasteiger partial charge >= 0.3 is 0 Å². The molecule has 0 aromatic carbocycles. The summed E-state index contributed by atoms with van der Waals surface area (Å²) in [5.41, 5.74) is 2.38. The lowest BCUT2D eigenvalue weighted by Crippen LogP contribution is -2.21. The van der Waals surface area contributed by atoms with Crippen molar-refractivity contribution in [3.8, 4) is 0 Å². The number of pyridine rings is 1. The highest BCUT2D eigenvalue weighted by molar-refractivity contribution is 5.75. The minimum atomic E-state index is -0.0747. The molecular formula is C15H17N5O. The zero-order chi connectivity index (χ0) is 15.0. The molecule has 108 valence electrons. The Morgan fingerprint density at radius 1 is 1.33 bits per heavy atom. The number of fused-ring (bicyclic) bond motifs is 1. The molecule has 0 saturated heterocycles. The fourth-order valence-corrected chi connectivity index (χ4v) is 2.13. The van der Waals surface area contributed by atoms with E-state index in [9.17, 15) is 4.79 Å². The fourth-order valence-electron chi connectivity index (χ4n) is 2.13. The third-order valence-corrected chi connectivity index (χ3v) is 3.37. The molecule has 0 unspecified atom stereocenters. The van der Waals surface area contributed by atoms with Crippen LogP contribution in [0.1, 0.15) is 32.2 Å². The van der Waals surface area contributed by atoms with E-state index in [-0.39, 0.29) is 11.0 Å². The maximum absolute atomic E-state index is 12.4. The van der Waals surface area contributed by atoms with E-state index < -0.39 is 0 Å². The number of aromatic amines is 1. The number of nitrogens with zero attached hydrogens (tertiary/aromatic N) is 4. The van der Waals surface area contributed by atoms with E-state index in [0.29, 0.717) is 17.4 Å². The molecule has 3 aromatic rings.